The summed E-state index contributed by atoms with van der Waals surface area (Å²) >= 11 is 7.20. The number of carbonyl (C=O) groups is 2. The van der Waals surface area contributed by atoms with Gasteiger partial charge in [-0.25, -0.2) is 4.39 Å². The zero-order valence-corrected chi connectivity index (χ0v) is 15.9. The second kappa shape index (κ2) is 9.45. The van der Waals surface area contributed by atoms with Gasteiger partial charge in [-0.05, 0) is 42.5 Å². The number of hydrogen-bond acceptors (Lipinski definition) is 4. The third-order valence-corrected chi connectivity index (χ3v) is 4.65. The van der Waals surface area contributed by atoms with Crippen LogP contribution in [0, 0.1) is 5.82 Å². The normalized spacial score (nSPS) is 10.3. The van der Waals surface area contributed by atoms with E-state index in [0.717, 1.165) is 4.90 Å². The maximum atomic E-state index is 12.9. The molecule has 2 aromatic carbocycles. The minimum absolute atomic E-state index is 0.113. The van der Waals surface area contributed by atoms with Crippen molar-refractivity contribution < 1.29 is 18.7 Å². The largest absolute Gasteiger partial charge is 0.495 e. The van der Waals surface area contributed by atoms with Crippen LogP contribution in [0.4, 0.5) is 10.1 Å². The average molecular weight is 397 g/mol. The molecule has 0 heterocycles. The highest BCUT2D eigenvalue weighted by molar-refractivity contribution is 8.00. The van der Waals surface area contributed by atoms with E-state index in [1.807, 2.05) is 0 Å². The molecule has 0 bridgehead atoms. The molecule has 5 nitrogen and oxygen atoms in total. The molecule has 2 amide bonds. The molecule has 0 aliphatic rings. The standard InChI is InChI=1S/C18H18ClFN2O3S/c1-22(18(24)11-26-14-6-4-13(20)5-7-14)10-17(23)21-15-9-12(19)3-8-16(15)25-2/h3-9H,10-11H2,1-2H3,(H,21,23). The van der Waals surface area contributed by atoms with Crippen molar-refractivity contribution in [3.8, 4) is 5.75 Å². The van der Waals surface area contributed by atoms with E-state index in [1.165, 1.54) is 35.9 Å². The second-order valence-corrected chi connectivity index (χ2v) is 6.87. The Morgan fingerprint density at radius 2 is 1.92 bits per heavy atom. The number of ether oxygens (including phenoxy) is 1. The smallest absolute Gasteiger partial charge is 0.244 e. The first kappa shape index (κ1) is 20.1. The van der Waals surface area contributed by atoms with E-state index in [1.54, 1.807) is 37.4 Å². The highest BCUT2D eigenvalue weighted by atomic mass is 35.5. The van der Waals surface area contributed by atoms with Crippen LogP contribution < -0.4 is 10.1 Å². The Bertz CT molecular complexity index is 787. The molecule has 0 radical (unpaired) electrons. The molecule has 138 valence electrons. The Balaban J connectivity index is 1.87. The van der Waals surface area contributed by atoms with Gasteiger partial charge in [0.2, 0.25) is 11.8 Å². The number of methoxy groups -OCH3 is 1. The molecular formula is C18H18ClFN2O3S. The average Bonchev–Trinajstić information content (AvgIpc) is 2.61. The molecule has 2 rings (SSSR count). The van der Waals surface area contributed by atoms with E-state index in [2.05, 4.69) is 5.32 Å². The molecular weight excluding hydrogens is 379 g/mol. The number of thioether (sulfide) groups is 1. The summed E-state index contributed by atoms with van der Waals surface area (Å²) in [7, 11) is 3.03. The lowest BCUT2D eigenvalue weighted by Gasteiger charge is -2.17. The van der Waals surface area contributed by atoms with Crippen LogP contribution >= 0.6 is 23.4 Å². The fourth-order valence-corrected chi connectivity index (χ4v) is 3.07. The van der Waals surface area contributed by atoms with Crippen LogP contribution in [0.1, 0.15) is 0 Å². The summed E-state index contributed by atoms with van der Waals surface area (Å²) in [5.41, 5.74) is 0.437. The molecule has 0 saturated heterocycles. The maximum Gasteiger partial charge on any atom is 0.244 e. The van der Waals surface area contributed by atoms with Crippen molar-refractivity contribution in [3.63, 3.8) is 0 Å². The number of rotatable bonds is 7. The first-order valence-electron chi connectivity index (χ1n) is 7.64. The Morgan fingerprint density at radius 3 is 2.58 bits per heavy atom. The first-order valence-corrected chi connectivity index (χ1v) is 9.01. The van der Waals surface area contributed by atoms with E-state index in [-0.39, 0.29) is 29.9 Å². The van der Waals surface area contributed by atoms with E-state index < -0.39 is 0 Å². The number of nitrogens with one attached hydrogen (secondary N) is 1. The number of amides is 2. The van der Waals surface area contributed by atoms with Crippen LogP contribution in [0.15, 0.2) is 47.4 Å². The molecule has 0 fully saturated rings. The second-order valence-electron chi connectivity index (χ2n) is 5.39. The predicted octanol–water partition coefficient (Wildman–Crippen LogP) is 3.68. The van der Waals surface area contributed by atoms with Gasteiger partial charge in [0.1, 0.15) is 11.6 Å². The van der Waals surface area contributed by atoms with Crippen molar-refractivity contribution in [2.75, 3.05) is 31.8 Å². The zero-order chi connectivity index (χ0) is 19.1. The third-order valence-electron chi connectivity index (χ3n) is 3.42. The van der Waals surface area contributed by atoms with Crippen LogP contribution in [0.5, 0.6) is 5.75 Å². The van der Waals surface area contributed by atoms with Crippen molar-refractivity contribution in [3.05, 3.63) is 53.3 Å². The van der Waals surface area contributed by atoms with Gasteiger partial charge in [-0.15, -0.1) is 11.8 Å². The Hall–Kier alpha value is -2.25. The van der Waals surface area contributed by atoms with E-state index in [4.69, 9.17) is 16.3 Å². The molecule has 1 N–H and O–H groups in total. The Morgan fingerprint density at radius 1 is 1.23 bits per heavy atom. The topological polar surface area (TPSA) is 58.6 Å². The number of carbonyl (C=O) groups excluding carboxylic acids is 2. The monoisotopic (exact) mass is 396 g/mol. The van der Waals surface area contributed by atoms with Gasteiger partial charge in [-0.1, -0.05) is 11.6 Å². The minimum Gasteiger partial charge on any atom is -0.495 e. The first-order chi connectivity index (χ1) is 12.4. The van der Waals surface area contributed by atoms with Crippen LogP contribution in [0.25, 0.3) is 0 Å². The highest BCUT2D eigenvalue weighted by Crippen LogP contribution is 2.27. The summed E-state index contributed by atoms with van der Waals surface area (Å²) in [4.78, 5) is 26.4. The van der Waals surface area contributed by atoms with Crippen molar-refractivity contribution in [2.45, 2.75) is 4.90 Å². The third kappa shape index (κ3) is 5.93. The summed E-state index contributed by atoms with van der Waals surface area (Å²) in [6, 6.07) is 10.7. The molecule has 0 aliphatic heterocycles. The van der Waals surface area contributed by atoms with Crippen molar-refractivity contribution in [1.82, 2.24) is 4.90 Å². The molecule has 26 heavy (non-hydrogen) atoms. The summed E-state index contributed by atoms with van der Waals surface area (Å²) in [6.07, 6.45) is 0. The minimum atomic E-state index is -0.367. The van der Waals surface area contributed by atoms with E-state index in [9.17, 15) is 14.0 Å². The van der Waals surface area contributed by atoms with Gasteiger partial charge < -0.3 is 15.0 Å². The fraction of sp³-hybridized carbons (Fsp3) is 0.222. The lowest BCUT2D eigenvalue weighted by Crippen LogP contribution is -2.36. The summed E-state index contributed by atoms with van der Waals surface area (Å²) in [5, 5.41) is 3.14. The maximum absolute atomic E-state index is 12.9. The van der Waals surface area contributed by atoms with E-state index in [0.29, 0.717) is 16.5 Å². The van der Waals surface area contributed by atoms with E-state index >= 15 is 0 Å². The van der Waals surface area contributed by atoms with Crippen LogP contribution in [0.3, 0.4) is 0 Å². The van der Waals surface area contributed by atoms with Gasteiger partial charge in [0.05, 0.1) is 25.1 Å². The molecule has 0 aromatic heterocycles. The molecule has 0 saturated carbocycles. The number of likely N-dealkylation sites (N-methyl/N-ethyl adjacent to an activating group) is 1. The lowest BCUT2D eigenvalue weighted by atomic mass is 10.3. The van der Waals surface area contributed by atoms with Crippen molar-refractivity contribution in [1.29, 1.82) is 0 Å². The van der Waals surface area contributed by atoms with Crippen molar-refractivity contribution >= 4 is 40.9 Å². The number of halogens is 2. The van der Waals surface area contributed by atoms with Crippen molar-refractivity contribution in [2.24, 2.45) is 0 Å². The summed E-state index contributed by atoms with van der Waals surface area (Å²) in [6.45, 7) is -0.113. The quantitative estimate of drug-likeness (QED) is 0.725. The molecule has 0 unspecified atom stereocenters. The number of nitrogens with zero attached hydrogens (tertiary/aromatic N) is 1. The molecule has 0 atom stereocenters. The Kier molecular flexibility index (Phi) is 7.29. The summed E-state index contributed by atoms with van der Waals surface area (Å²) in [5.74, 6) is -0.286. The van der Waals surface area contributed by atoms with Crippen LogP contribution in [-0.4, -0.2) is 43.2 Å². The molecule has 0 spiro atoms. The zero-order valence-electron chi connectivity index (χ0n) is 14.3. The van der Waals surface area contributed by atoms with Gasteiger partial charge in [-0.2, -0.15) is 0 Å². The molecule has 0 aliphatic carbocycles. The lowest BCUT2D eigenvalue weighted by molar-refractivity contribution is -0.131. The number of hydrogen-bond donors (Lipinski definition) is 1. The van der Waals surface area contributed by atoms with Gasteiger partial charge in [0.25, 0.3) is 0 Å². The highest BCUT2D eigenvalue weighted by Gasteiger charge is 2.15. The molecule has 8 heteroatoms. The molecule has 2 aromatic rings. The van der Waals surface area contributed by atoms with Gasteiger partial charge in [0.15, 0.2) is 0 Å². The fourth-order valence-electron chi connectivity index (χ4n) is 2.06. The number of benzene rings is 2. The van der Waals surface area contributed by atoms with Crippen LogP contribution in [-0.2, 0) is 9.59 Å². The number of anilines is 1. The predicted molar refractivity (Wildman–Crippen MR) is 101 cm³/mol. The SMILES string of the molecule is COc1ccc(Cl)cc1NC(=O)CN(C)C(=O)CSc1ccc(F)cc1. The van der Waals surface area contributed by atoms with Crippen LogP contribution in [0.2, 0.25) is 5.02 Å². The Labute approximate surface area is 160 Å². The van der Waals surface area contributed by atoms with Gasteiger partial charge >= 0.3 is 0 Å². The van der Waals surface area contributed by atoms with Gasteiger partial charge in [-0.3, -0.25) is 9.59 Å². The van der Waals surface area contributed by atoms with Gasteiger partial charge in [0, 0.05) is 17.0 Å². The summed E-state index contributed by atoms with van der Waals surface area (Å²) < 4.78 is 18.0.